The van der Waals surface area contributed by atoms with Crippen molar-refractivity contribution in [2.24, 2.45) is 0 Å². The second-order valence-electron chi connectivity index (χ2n) is 6.95. The standard InChI is InChI=1S/C22H21N3O4/c1-29-21(26)9-4-16-2-6-19(7-3-16)24-12-13-25(22(24)27)20-8-5-18-15-23(28)11-10-17(18)14-20/h2-3,5-8,10-11,14-15H,4,9,12-13H2,1H3. The van der Waals surface area contributed by atoms with Gasteiger partial charge in [-0.1, -0.05) is 12.1 Å². The van der Waals surface area contributed by atoms with Crippen molar-refractivity contribution in [3.8, 4) is 0 Å². The Hall–Kier alpha value is -3.61. The average Bonchev–Trinajstić information content (AvgIpc) is 3.13. The van der Waals surface area contributed by atoms with Crippen LogP contribution in [0.3, 0.4) is 0 Å². The quantitative estimate of drug-likeness (QED) is 0.381. The highest BCUT2D eigenvalue weighted by Gasteiger charge is 2.30. The number of hydrogen-bond acceptors (Lipinski definition) is 4. The van der Waals surface area contributed by atoms with E-state index in [2.05, 4.69) is 4.74 Å². The zero-order chi connectivity index (χ0) is 20.4. The van der Waals surface area contributed by atoms with Crippen LogP contribution in [0.1, 0.15) is 12.0 Å². The van der Waals surface area contributed by atoms with Gasteiger partial charge in [0.05, 0.1) is 7.11 Å². The van der Waals surface area contributed by atoms with Crippen LogP contribution in [-0.2, 0) is 16.0 Å². The Bertz CT molecular complexity index is 1070. The fraction of sp³-hybridized carbons (Fsp3) is 0.227. The van der Waals surface area contributed by atoms with Gasteiger partial charge in [0, 0.05) is 42.3 Å². The summed E-state index contributed by atoms with van der Waals surface area (Å²) in [4.78, 5) is 27.7. The van der Waals surface area contributed by atoms with E-state index in [1.165, 1.54) is 19.5 Å². The van der Waals surface area contributed by atoms with Crippen LogP contribution in [0.4, 0.5) is 16.2 Å². The molecule has 7 heteroatoms. The van der Waals surface area contributed by atoms with E-state index in [1.54, 1.807) is 15.9 Å². The van der Waals surface area contributed by atoms with Crippen molar-refractivity contribution in [2.45, 2.75) is 12.8 Å². The molecular weight excluding hydrogens is 370 g/mol. The van der Waals surface area contributed by atoms with Gasteiger partial charge in [-0.2, -0.15) is 4.73 Å². The van der Waals surface area contributed by atoms with Crippen LogP contribution in [0, 0.1) is 5.21 Å². The molecule has 1 aliphatic rings. The van der Waals surface area contributed by atoms with Gasteiger partial charge in [0.15, 0.2) is 12.4 Å². The lowest BCUT2D eigenvalue weighted by Crippen LogP contribution is -2.31. The summed E-state index contributed by atoms with van der Waals surface area (Å²) in [6.07, 6.45) is 3.90. The molecule has 4 rings (SSSR count). The minimum absolute atomic E-state index is 0.0820. The number of amides is 2. The van der Waals surface area contributed by atoms with Crippen LogP contribution < -0.4 is 14.5 Å². The third-order valence-electron chi connectivity index (χ3n) is 5.15. The number of methoxy groups -OCH3 is 1. The number of aromatic nitrogens is 1. The number of nitrogens with zero attached hydrogens (tertiary/aromatic N) is 3. The number of carbonyl (C=O) groups excluding carboxylic acids is 2. The zero-order valence-corrected chi connectivity index (χ0v) is 16.1. The van der Waals surface area contributed by atoms with Crippen molar-refractivity contribution < 1.29 is 19.1 Å². The van der Waals surface area contributed by atoms with Crippen LogP contribution in [0.15, 0.2) is 60.9 Å². The van der Waals surface area contributed by atoms with Crippen molar-refractivity contribution >= 4 is 34.1 Å². The number of urea groups is 1. The van der Waals surface area contributed by atoms with Crippen LogP contribution in [0.25, 0.3) is 10.8 Å². The molecule has 2 aromatic carbocycles. The van der Waals surface area contributed by atoms with Gasteiger partial charge in [-0.05, 0) is 47.7 Å². The number of rotatable bonds is 5. The third kappa shape index (κ3) is 3.85. The van der Waals surface area contributed by atoms with E-state index in [0.717, 1.165) is 32.4 Å². The van der Waals surface area contributed by atoms with Gasteiger partial charge >= 0.3 is 12.0 Å². The molecule has 2 heterocycles. The summed E-state index contributed by atoms with van der Waals surface area (Å²) in [6, 6.07) is 15.0. The molecule has 0 saturated carbocycles. The summed E-state index contributed by atoms with van der Waals surface area (Å²) in [6.45, 7) is 1.18. The average molecular weight is 391 g/mol. The lowest BCUT2D eigenvalue weighted by atomic mass is 10.1. The third-order valence-corrected chi connectivity index (χ3v) is 5.15. The van der Waals surface area contributed by atoms with Gasteiger partial charge in [-0.25, -0.2) is 4.79 Å². The van der Waals surface area contributed by atoms with Gasteiger partial charge in [-0.3, -0.25) is 14.6 Å². The lowest BCUT2D eigenvalue weighted by molar-refractivity contribution is -0.603. The molecule has 0 N–H and O–H groups in total. The maximum absolute atomic E-state index is 13.0. The second kappa shape index (κ2) is 7.79. The minimum Gasteiger partial charge on any atom is -0.619 e. The number of pyridine rings is 1. The Balaban J connectivity index is 1.48. The van der Waals surface area contributed by atoms with E-state index in [4.69, 9.17) is 0 Å². The van der Waals surface area contributed by atoms with Crippen molar-refractivity contribution in [1.82, 2.24) is 0 Å². The molecule has 3 aromatic rings. The number of benzene rings is 2. The lowest BCUT2D eigenvalue weighted by Gasteiger charge is -2.19. The molecule has 29 heavy (non-hydrogen) atoms. The van der Waals surface area contributed by atoms with E-state index in [9.17, 15) is 14.8 Å². The molecule has 0 atom stereocenters. The normalized spacial score (nSPS) is 13.9. The van der Waals surface area contributed by atoms with E-state index >= 15 is 0 Å². The minimum atomic E-state index is -0.236. The Kier molecular flexibility index (Phi) is 5.03. The van der Waals surface area contributed by atoms with Crippen molar-refractivity contribution in [3.63, 3.8) is 0 Å². The number of esters is 1. The van der Waals surface area contributed by atoms with Gasteiger partial charge in [0.25, 0.3) is 0 Å². The topological polar surface area (TPSA) is 76.8 Å². The summed E-state index contributed by atoms with van der Waals surface area (Å²) in [7, 11) is 1.38. The molecular formula is C22H21N3O4. The predicted molar refractivity (Wildman–Crippen MR) is 110 cm³/mol. The first-order valence-corrected chi connectivity index (χ1v) is 9.42. The van der Waals surface area contributed by atoms with E-state index < -0.39 is 0 Å². The van der Waals surface area contributed by atoms with Crippen LogP contribution in [0.2, 0.25) is 0 Å². The Labute approximate surface area is 168 Å². The van der Waals surface area contributed by atoms with Crippen molar-refractivity contribution in [3.05, 3.63) is 71.7 Å². The fourth-order valence-corrected chi connectivity index (χ4v) is 3.53. The largest absolute Gasteiger partial charge is 0.619 e. The van der Waals surface area contributed by atoms with Gasteiger partial charge in [-0.15, -0.1) is 0 Å². The Morgan fingerprint density at radius 3 is 2.45 bits per heavy atom. The molecule has 1 saturated heterocycles. The van der Waals surface area contributed by atoms with E-state index in [0.29, 0.717) is 25.9 Å². The second-order valence-corrected chi connectivity index (χ2v) is 6.95. The molecule has 2 amide bonds. The zero-order valence-electron chi connectivity index (χ0n) is 16.1. The number of anilines is 2. The first-order valence-electron chi connectivity index (χ1n) is 9.42. The van der Waals surface area contributed by atoms with Crippen LogP contribution in [0.5, 0.6) is 0 Å². The highest BCUT2D eigenvalue weighted by atomic mass is 16.5. The number of fused-ring (bicyclic) bond motifs is 1. The maximum atomic E-state index is 13.0. The monoisotopic (exact) mass is 391 g/mol. The summed E-state index contributed by atoms with van der Waals surface area (Å²) in [5.74, 6) is -0.236. The molecule has 1 aromatic heterocycles. The van der Waals surface area contributed by atoms with Gasteiger partial charge in [0.2, 0.25) is 0 Å². The molecule has 1 aliphatic heterocycles. The smallest absolute Gasteiger partial charge is 0.329 e. The molecule has 7 nitrogen and oxygen atoms in total. The number of ether oxygens (including phenoxy) is 1. The van der Waals surface area contributed by atoms with E-state index in [1.807, 2.05) is 42.5 Å². The van der Waals surface area contributed by atoms with Crippen molar-refractivity contribution in [1.29, 1.82) is 0 Å². The molecule has 0 spiro atoms. The molecule has 0 aliphatic carbocycles. The summed E-state index contributed by atoms with van der Waals surface area (Å²) < 4.78 is 5.43. The maximum Gasteiger partial charge on any atom is 0.329 e. The Morgan fingerprint density at radius 1 is 1.03 bits per heavy atom. The number of hydrogen-bond donors (Lipinski definition) is 0. The Morgan fingerprint density at radius 2 is 1.72 bits per heavy atom. The fourth-order valence-electron chi connectivity index (χ4n) is 3.53. The van der Waals surface area contributed by atoms with E-state index in [-0.39, 0.29) is 12.0 Å². The summed E-state index contributed by atoms with van der Waals surface area (Å²) in [5, 5.41) is 13.2. The molecule has 0 bridgehead atoms. The first-order chi connectivity index (χ1) is 14.0. The number of aryl methyl sites for hydroxylation is 1. The van der Waals surface area contributed by atoms with Crippen LogP contribution >= 0.6 is 0 Å². The van der Waals surface area contributed by atoms with Crippen LogP contribution in [-0.4, -0.2) is 32.2 Å². The van der Waals surface area contributed by atoms with Crippen molar-refractivity contribution in [2.75, 3.05) is 30.0 Å². The molecule has 0 radical (unpaired) electrons. The summed E-state index contributed by atoms with van der Waals surface area (Å²) >= 11 is 0. The highest BCUT2D eigenvalue weighted by Crippen LogP contribution is 2.27. The predicted octanol–water partition coefficient (Wildman–Crippen LogP) is 3.03. The molecule has 0 unspecified atom stereocenters. The van der Waals surface area contributed by atoms with Gasteiger partial charge < -0.3 is 9.94 Å². The number of carbonyl (C=O) groups is 2. The first kappa shape index (κ1) is 18.7. The molecule has 1 fully saturated rings. The SMILES string of the molecule is COC(=O)CCc1ccc(N2CCN(c3ccc4c[n+]([O-])ccc4c3)C2=O)cc1. The summed E-state index contributed by atoms with van der Waals surface area (Å²) in [5.41, 5.74) is 2.66. The highest BCUT2D eigenvalue weighted by molar-refractivity contribution is 6.07. The van der Waals surface area contributed by atoms with Gasteiger partial charge in [0.1, 0.15) is 0 Å². The molecule has 148 valence electrons.